The zero-order valence-electron chi connectivity index (χ0n) is 16.0. The third-order valence-corrected chi connectivity index (χ3v) is 4.32. The summed E-state index contributed by atoms with van der Waals surface area (Å²) in [5, 5.41) is 0. The van der Waals surface area contributed by atoms with Crippen LogP contribution in [0.3, 0.4) is 0 Å². The second kappa shape index (κ2) is 13.3. The molecule has 0 fully saturated rings. The molecule has 2 rings (SSSR count). The van der Waals surface area contributed by atoms with Gasteiger partial charge in [-0.05, 0) is 50.7 Å². The lowest BCUT2D eigenvalue weighted by Crippen LogP contribution is -2.01. The SMILES string of the molecule is C=CC(=O)OCCCCCCOC.Cc1ccc(-c2cc(C)sn2)cc1. The summed E-state index contributed by atoms with van der Waals surface area (Å²) >= 11 is 1.55. The number of nitrogens with zero attached hydrogens (tertiary/aromatic N) is 1. The van der Waals surface area contributed by atoms with E-state index in [1.165, 1.54) is 22.1 Å². The number of aryl methyl sites for hydroxylation is 2. The predicted octanol–water partition coefficient (Wildman–Crippen LogP) is 5.35. The Morgan fingerprint density at radius 3 is 2.31 bits per heavy atom. The number of hydrogen-bond donors (Lipinski definition) is 0. The van der Waals surface area contributed by atoms with Gasteiger partial charge in [-0.2, -0.15) is 4.37 Å². The molecule has 26 heavy (non-hydrogen) atoms. The van der Waals surface area contributed by atoms with Gasteiger partial charge in [0.1, 0.15) is 0 Å². The van der Waals surface area contributed by atoms with Gasteiger partial charge in [0.25, 0.3) is 0 Å². The second-order valence-electron chi connectivity index (χ2n) is 5.97. The molecule has 0 saturated heterocycles. The number of rotatable bonds is 9. The standard InChI is InChI=1S/C11H11NS.C10H18O3/c1-8-3-5-10(6-4-8)11-7-9(2)13-12-11;1-3-10(11)13-9-7-5-4-6-8-12-2/h3-7H,1-2H3;3H,1,4-9H2,2H3. The fourth-order valence-electron chi connectivity index (χ4n) is 2.16. The fraction of sp³-hybridized carbons (Fsp3) is 0.429. The molecular weight excluding hydrogens is 346 g/mol. The van der Waals surface area contributed by atoms with Gasteiger partial charge in [0.15, 0.2) is 0 Å². The first-order chi connectivity index (χ1) is 12.6. The molecule has 1 heterocycles. The van der Waals surface area contributed by atoms with E-state index in [2.05, 4.69) is 55.1 Å². The van der Waals surface area contributed by atoms with Crippen LogP contribution < -0.4 is 0 Å². The van der Waals surface area contributed by atoms with Crippen molar-refractivity contribution in [1.29, 1.82) is 0 Å². The Hall–Kier alpha value is -1.98. The lowest BCUT2D eigenvalue weighted by Gasteiger charge is -2.01. The van der Waals surface area contributed by atoms with Crippen molar-refractivity contribution in [2.75, 3.05) is 20.3 Å². The summed E-state index contributed by atoms with van der Waals surface area (Å²) < 4.78 is 14.1. The molecule has 5 heteroatoms. The summed E-state index contributed by atoms with van der Waals surface area (Å²) in [6.45, 7) is 8.79. The molecule has 2 aromatic rings. The molecule has 0 aliphatic heterocycles. The Balaban J connectivity index is 0.000000260. The summed E-state index contributed by atoms with van der Waals surface area (Å²) in [4.78, 5) is 11.8. The average Bonchev–Trinajstić information content (AvgIpc) is 3.08. The van der Waals surface area contributed by atoms with Crippen LogP contribution in [-0.2, 0) is 14.3 Å². The van der Waals surface area contributed by atoms with Gasteiger partial charge in [-0.1, -0.05) is 42.8 Å². The van der Waals surface area contributed by atoms with Crippen molar-refractivity contribution in [2.24, 2.45) is 0 Å². The maximum Gasteiger partial charge on any atom is 0.330 e. The molecule has 0 spiro atoms. The quantitative estimate of drug-likeness (QED) is 0.337. The van der Waals surface area contributed by atoms with Crippen molar-refractivity contribution in [3.63, 3.8) is 0 Å². The van der Waals surface area contributed by atoms with Gasteiger partial charge in [-0.25, -0.2) is 4.79 Å². The molecule has 0 amide bonds. The van der Waals surface area contributed by atoms with Crippen molar-refractivity contribution in [3.8, 4) is 11.3 Å². The van der Waals surface area contributed by atoms with E-state index in [-0.39, 0.29) is 5.97 Å². The van der Waals surface area contributed by atoms with Gasteiger partial charge >= 0.3 is 5.97 Å². The van der Waals surface area contributed by atoms with E-state index in [9.17, 15) is 4.79 Å². The minimum absolute atomic E-state index is 0.336. The van der Waals surface area contributed by atoms with Crippen LogP contribution in [0.15, 0.2) is 43.0 Å². The average molecular weight is 376 g/mol. The van der Waals surface area contributed by atoms with E-state index in [0.29, 0.717) is 6.61 Å². The van der Waals surface area contributed by atoms with E-state index in [1.807, 2.05) is 0 Å². The van der Waals surface area contributed by atoms with E-state index < -0.39 is 0 Å². The molecule has 0 atom stereocenters. The number of hydrogen-bond acceptors (Lipinski definition) is 5. The summed E-state index contributed by atoms with van der Waals surface area (Å²) in [5.41, 5.74) is 3.58. The van der Waals surface area contributed by atoms with Gasteiger partial charge in [0, 0.05) is 30.2 Å². The van der Waals surface area contributed by atoms with Crippen molar-refractivity contribution in [2.45, 2.75) is 39.5 Å². The van der Waals surface area contributed by atoms with Gasteiger partial charge in [-0.15, -0.1) is 0 Å². The summed E-state index contributed by atoms with van der Waals surface area (Å²) in [5.74, 6) is -0.336. The Morgan fingerprint density at radius 2 is 1.77 bits per heavy atom. The number of ether oxygens (including phenoxy) is 2. The van der Waals surface area contributed by atoms with Crippen LogP contribution in [-0.4, -0.2) is 30.7 Å². The molecule has 0 aliphatic carbocycles. The molecule has 142 valence electrons. The van der Waals surface area contributed by atoms with E-state index in [0.717, 1.165) is 38.0 Å². The molecule has 0 saturated carbocycles. The number of carbonyl (C=O) groups is 1. The van der Waals surface area contributed by atoms with Crippen LogP contribution in [0.25, 0.3) is 11.3 Å². The lowest BCUT2D eigenvalue weighted by molar-refractivity contribution is -0.137. The summed E-state index contributed by atoms with van der Waals surface area (Å²) in [6, 6.07) is 10.6. The molecule has 1 aromatic carbocycles. The zero-order valence-corrected chi connectivity index (χ0v) is 16.8. The highest BCUT2D eigenvalue weighted by molar-refractivity contribution is 7.05. The van der Waals surface area contributed by atoms with Gasteiger partial charge < -0.3 is 9.47 Å². The maximum atomic E-state index is 10.6. The van der Waals surface area contributed by atoms with Crippen molar-refractivity contribution < 1.29 is 14.3 Å². The highest BCUT2D eigenvalue weighted by atomic mass is 32.1. The van der Waals surface area contributed by atoms with Crippen molar-refractivity contribution in [3.05, 3.63) is 53.4 Å². The Labute approximate surface area is 161 Å². The molecule has 0 bridgehead atoms. The first-order valence-corrected chi connectivity index (χ1v) is 9.62. The topological polar surface area (TPSA) is 48.4 Å². The van der Waals surface area contributed by atoms with E-state index >= 15 is 0 Å². The minimum Gasteiger partial charge on any atom is -0.463 e. The van der Waals surface area contributed by atoms with Gasteiger partial charge in [0.2, 0.25) is 0 Å². The smallest absolute Gasteiger partial charge is 0.330 e. The number of benzene rings is 1. The molecule has 0 aliphatic rings. The molecule has 4 nitrogen and oxygen atoms in total. The number of aromatic nitrogens is 1. The largest absolute Gasteiger partial charge is 0.463 e. The first kappa shape index (κ1) is 22.1. The molecule has 0 radical (unpaired) electrons. The number of unbranched alkanes of at least 4 members (excludes halogenated alkanes) is 3. The molecule has 0 unspecified atom stereocenters. The van der Waals surface area contributed by atoms with E-state index in [4.69, 9.17) is 9.47 Å². The molecular formula is C21H29NO3S. The van der Waals surface area contributed by atoms with Crippen LogP contribution in [0, 0.1) is 13.8 Å². The number of esters is 1. The minimum atomic E-state index is -0.336. The van der Waals surface area contributed by atoms with Crippen LogP contribution in [0.5, 0.6) is 0 Å². The predicted molar refractivity (Wildman–Crippen MR) is 109 cm³/mol. The first-order valence-electron chi connectivity index (χ1n) is 8.85. The Bertz CT molecular complexity index is 650. The highest BCUT2D eigenvalue weighted by Gasteiger charge is 2.00. The van der Waals surface area contributed by atoms with Crippen molar-refractivity contribution >= 4 is 17.5 Å². The van der Waals surface area contributed by atoms with Crippen LogP contribution in [0.4, 0.5) is 0 Å². The third kappa shape index (κ3) is 9.49. The normalized spacial score (nSPS) is 9.96. The second-order valence-corrected chi connectivity index (χ2v) is 6.98. The van der Waals surface area contributed by atoms with Gasteiger partial charge in [0.05, 0.1) is 12.3 Å². The van der Waals surface area contributed by atoms with Gasteiger partial charge in [-0.3, -0.25) is 0 Å². The summed E-state index contributed by atoms with van der Waals surface area (Å²) in [7, 11) is 1.70. The van der Waals surface area contributed by atoms with Crippen molar-refractivity contribution in [1.82, 2.24) is 4.37 Å². The number of methoxy groups -OCH3 is 1. The van der Waals surface area contributed by atoms with Crippen LogP contribution >= 0.6 is 11.5 Å². The lowest BCUT2D eigenvalue weighted by atomic mass is 10.1. The number of carbonyl (C=O) groups excluding carboxylic acids is 1. The highest BCUT2D eigenvalue weighted by Crippen LogP contribution is 2.21. The third-order valence-electron chi connectivity index (χ3n) is 3.63. The fourth-order valence-corrected chi connectivity index (χ4v) is 2.73. The summed E-state index contributed by atoms with van der Waals surface area (Å²) in [6.07, 6.45) is 5.38. The van der Waals surface area contributed by atoms with E-state index in [1.54, 1.807) is 18.6 Å². The zero-order chi connectivity index (χ0) is 19.2. The monoisotopic (exact) mass is 375 g/mol. The Kier molecular flexibility index (Phi) is 11.2. The van der Waals surface area contributed by atoms with Crippen LogP contribution in [0.1, 0.15) is 36.1 Å². The molecule has 0 N–H and O–H groups in total. The Morgan fingerprint density at radius 1 is 1.12 bits per heavy atom. The maximum absolute atomic E-state index is 10.6. The molecule has 1 aromatic heterocycles. The van der Waals surface area contributed by atoms with Crippen LogP contribution in [0.2, 0.25) is 0 Å².